The minimum Gasteiger partial charge on any atom is -0.497 e. The van der Waals surface area contributed by atoms with Gasteiger partial charge in [0, 0.05) is 12.0 Å². The Kier molecular flexibility index (Phi) is 5.78. The normalized spacial score (nSPS) is 19.4. The molecule has 21 heavy (non-hydrogen) atoms. The van der Waals surface area contributed by atoms with E-state index in [1.165, 1.54) is 17.5 Å². The molecule has 2 aromatic rings. The number of ether oxygens (including phenoxy) is 1. The highest BCUT2D eigenvalue weighted by Crippen LogP contribution is 2.38. The minimum absolute atomic E-state index is 0.433. The molecule has 3 rings (SSSR count). The Morgan fingerprint density at radius 3 is 2.38 bits per heavy atom. The van der Waals surface area contributed by atoms with Crippen LogP contribution in [0.2, 0.25) is 0 Å². The molecule has 3 nitrogen and oxygen atoms in total. The quantitative estimate of drug-likeness (QED) is 0.907. The molecule has 4 N–H and O–H groups in total. The molecule has 0 aromatic heterocycles. The molecule has 2 aromatic carbocycles. The van der Waals surface area contributed by atoms with E-state index >= 15 is 0 Å². The van der Waals surface area contributed by atoms with E-state index in [-0.39, 0.29) is 0 Å². The van der Waals surface area contributed by atoms with Crippen LogP contribution in [0.15, 0.2) is 54.6 Å². The summed E-state index contributed by atoms with van der Waals surface area (Å²) in [5.74, 6) is 1.55. The highest BCUT2D eigenvalue weighted by atomic mass is 16.5. The molecule has 112 valence electrons. The first-order chi connectivity index (χ1) is 10.2. The minimum atomic E-state index is 0.433. The van der Waals surface area contributed by atoms with E-state index in [1.807, 2.05) is 24.3 Å². The van der Waals surface area contributed by atoms with Gasteiger partial charge in [-0.2, -0.15) is 0 Å². The van der Waals surface area contributed by atoms with Gasteiger partial charge in [-0.1, -0.05) is 42.5 Å². The molecule has 3 heteroatoms. The van der Waals surface area contributed by atoms with Crippen molar-refractivity contribution in [1.82, 2.24) is 0 Å². The van der Waals surface area contributed by atoms with Crippen LogP contribution in [0.4, 0.5) is 0 Å². The van der Waals surface area contributed by atoms with Crippen LogP contribution in [-0.2, 0) is 6.42 Å². The summed E-state index contributed by atoms with van der Waals surface area (Å²) in [5.41, 5.74) is 13.7. The highest BCUT2D eigenvalue weighted by molar-refractivity contribution is 5.28. The molecule has 1 saturated carbocycles. The summed E-state index contributed by atoms with van der Waals surface area (Å²) in [6.07, 6.45) is 2.08. The lowest BCUT2D eigenvalue weighted by Gasteiger charge is -2.01. The summed E-state index contributed by atoms with van der Waals surface area (Å²) in [6, 6.07) is 18.9. The summed E-state index contributed by atoms with van der Waals surface area (Å²) in [5, 5.41) is 0. The lowest BCUT2D eigenvalue weighted by Crippen LogP contribution is -2.02. The smallest absolute Gasteiger partial charge is 0.119 e. The predicted molar refractivity (Wildman–Crippen MR) is 87.5 cm³/mol. The van der Waals surface area contributed by atoms with E-state index in [0.29, 0.717) is 18.5 Å². The lowest BCUT2D eigenvalue weighted by atomic mass is 10.1. The number of hydrogen-bond acceptors (Lipinski definition) is 3. The molecule has 0 saturated heterocycles. The van der Waals surface area contributed by atoms with Crippen molar-refractivity contribution < 1.29 is 4.74 Å². The van der Waals surface area contributed by atoms with Crippen molar-refractivity contribution in [2.45, 2.75) is 24.8 Å². The Morgan fingerprint density at radius 1 is 1.10 bits per heavy atom. The van der Waals surface area contributed by atoms with Crippen LogP contribution >= 0.6 is 0 Å². The van der Waals surface area contributed by atoms with Gasteiger partial charge in [-0.05, 0) is 42.6 Å². The topological polar surface area (TPSA) is 61.3 Å². The third-order valence-electron chi connectivity index (χ3n) is 3.63. The second-order valence-electron chi connectivity index (χ2n) is 5.31. The van der Waals surface area contributed by atoms with Crippen molar-refractivity contribution in [3.05, 3.63) is 65.7 Å². The Hall–Kier alpha value is -1.84. The highest BCUT2D eigenvalue weighted by Gasteiger charge is 2.34. The zero-order valence-corrected chi connectivity index (χ0v) is 12.5. The number of benzene rings is 2. The van der Waals surface area contributed by atoms with Crippen LogP contribution in [0.1, 0.15) is 23.5 Å². The van der Waals surface area contributed by atoms with Crippen LogP contribution in [-0.4, -0.2) is 19.7 Å². The summed E-state index contributed by atoms with van der Waals surface area (Å²) < 4.78 is 5.06. The Bertz CT molecular complexity index is 542. The maximum absolute atomic E-state index is 5.70. The zero-order chi connectivity index (χ0) is 15.1. The number of rotatable bonds is 4. The third-order valence-corrected chi connectivity index (χ3v) is 3.63. The third kappa shape index (κ3) is 4.88. The van der Waals surface area contributed by atoms with E-state index in [4.69, 9.17) is 16.2 Å². The van der Waals surface area contributed by atoms with E-state index in [0.717, 1.165) is 12.2 Å². The molecule has 0 bridgehead atoms. The van der Waals surface area contributed by atoms with Gasteiger partial charge in [0.25, 0.3) is 0 Å². The van der Waals surface area contributed by atoms with Crippen LogP contribution in [0.5, 0.6) is 5.75 Å². The molecule has 0 amide bonds. The van der Waals surface area contributed by atoms with Crippen molar-refractivity contribution in [3.63, 3.8) is 0 Å². The van der Waals surface area contributed by atoms with Crippen LogP contribution in [0.3, 0.4) is 0 Å². The van der Waals surface area contributed by atoms with Crippen molar-refractivity contribution in [2.75, 3.05) is 13.7 Å². The van der Waals surface area contributed by atoms with Crippen molar-refractivity contribution in [1.29, 1.82) is 0 Å². The molecule has 2 atom stereocenters. The predicted octanol–water partition coefficient (Wildman–Crippen LogP) is 2.70. The van der Waals surface area contributed by atoms with Crippen LogP contribution in [0, 0.1) is 0 Å². The maximum atomic E-state index is 5.70. The maximum Gasteiger partial charge on any atom is 0.119 e. The standard InChI is InChI=1S/C9H13NO.C9H11N/c1-11-9-4-2-3-8(7-9)5-6-10;10-9-6-8(9)7-4-2-1-3-5-7/h2-4,7H,5-6,10H2,1H3;1-5,8-9H,6,10H2. The van der Waals surface area contributed by atoms with Gasteiger partial charge in [-0.15, -0.1) is 0 Å². The first-order valence-corrected chi connectivity index (χ1v) is 7.38. The van der Waals surface area contributed by atoms with Gasteiger partial charge >= 0.3 is 0 Å². The average molecular weight is 284 g/mol. The summed E-state index contributed by atoms with van der Waals surface area (Å²) >= 11 is 0. The fourth-order valence-corrected chi connectivity index (χ4v) is 2.29. The Labute approximate surface area is 126 Å². The molecule has 1 aliphatic carbocycles. The molecular weight excluding hydrogens is 260 g/mol. The summed E-state index contributed by atoms with van der Waals surface area (Å²) in [7, 11) is 1.67. The molecule has 0 radical (unpaired) electrons. The second kappa shape index (κ2) is 7.81. The summed E-state index contributed by atoms with van der Waals surface area (Å²) in [6.45, 7) is 0.688. The van der Waals surface area contributed by atoms with E-state index in [9.17, 15) is 0 Å². The average Bonchev–Trinajstić information content (AvgIpc) is 3.26. The lowest BCUT2D eigenvalue weighted by molar-refractivity contribution is 0.414. The molecule has 2 unspecified atom stereocenters. The largest absolute Gasteiger partial charge is 0.497 e. The summed E-state index contributed by atoms with van der Waals surface area (Å²) in [4.78, 5) is 0. The van der Waals surface area contributed by atoms with Crippen molar-refractivity contribution >= 4 is 0 Å². The Balaban J connectivity index is 0.000000154. The first-order valence-electron chi connectivity index (χ1n) is 7.38. The van der Waals surface area contributed by atoms with Gasteiger partial charge in [0.1, 0.15) is 5.75 Å². The van der Waals surface area contributed by atoms with E-state index in [2.05, 4.69) is 30.3 Å². The van der Waals surface area contributed by atoms with Crippen LogP contribution in [0.25, 0.3) is 0 Å². The molecule has 0 heterocycles. The van der Waals surface area contributed by atoms with Crippen molar-refractivity contribution in [3.8, 4) is 5.75 Å². The fourth-order valence-electron chi connectivity index (χ4n) is 2.29. The van der Waals surface area contributed by atoms with Gasteiger partial charge in [-0.25, -0.2) is 0 Å². The SMILES string of the molecule is COc1cccc(CCN)c1.NC1CC1c1ccccc1. The van der Waals surface area contributed by atoms with E-state index in [1.54, 1.807) is 7.11 Å². The van der Waals surface area contributed by atoms with Gasteiger partial charge < -0.3 is 16.2 Å². The number of nitrogens with two attached hydrogens (primary N) is 2. The van der Waals surface area contributed by atoms with E-state index < -0.39 is 0 Å². The molecule has 0 spiro atoms. The van der Waals surface area contributed by atoms with Gasteiger partial charge in [0.15, 0.2) is 0 Å². The number of hydrogen-bond donors (Lipinski definition) is 2. The van der Waals surface area contributed by atoms with Crippen molar-refractivity contribution in [2.24, 2.45) is 11.5 Å². The zero-order valence-electron chi connectivity index (χ0n) is 12.5. The van der Waals surface area contributed by atoms with Gasteiger partial charge in [0.2, 0.25) is 0 Å². The molecule has 1 fully saturated rings. The molecule has 1 aliphatic rings. The molecular formula is C18H24N2O. The monoisotopic (exact) mass is 284 g/mol. The second-order valence-corrected chi connectivity index (χ2v) is 5.31. The molecule has 0 aliphatic heterocycles. The first kappa shape index (κ1) is 15.5. The fraction of sp³-hybridized carbons (Fsp3) is 0.333. The van der Waals surface area contributed by atoms with Crippen LogP contribution < -0.4 is 16.2 Å². The number of methoxy groups -OCH3 is 1. The van der Waals surface area contributed by atoms with Gasteiger partial charge in [0.05, 0.1) is 7.11 Å². The van der Waals surface area contributed by atoms with Gasteiger partial charge in [-0.3, -0.25) is 0 Å². The Morgan fingerprint density at radius 2 is 1.81 bits per heavy atom.